The maximum atomic E-state index is 10.7. The fourth-order valence-corrected chi connectivity index (χ4v) is 2.74. The van der Waals surface area contributed by atoms with E-state index in [2.05, 4.69) is 19.9 Å². The standard InChI is InChI=1S/C9H10N4OS2/c1-6(14)15-2-3-16-9-7-8(11-4-10-7)12-5-13-9/h4-5H,2-3H2,1H3,(H,10,11,12,13). The van der Waals surface area contributed by atoms with Crippen LogP contribution in [0.4, 0.5) is 0 Å². The molecular weight excluding hydrogens is 244 g/mol. The number of H-pyrrole nitrogens is 1. The van der Waals surface area contributed by atoms with E-state index in [9.17, 15) is 4.79 Å². The Labute approximate surface area is 101 Å². The highest BCUT2D eigenvalue weighted by Gasteiger charge is 2.06. The highest BCUT2D eigenvalue weighted by Crippen LogP contribution is 2.22. The van der Waals surface area contributed by atoms with Crippen molar-refractivity contribution in [3.05, 3.63) is 12.7 Å². The number of nitrogens with zero attached hydrogens (tertiary/aromatic N) is 3. The molecule has 0 aliphatic carbocycles. The summed E-state index contributed by atoms with van der Waals surface area (Å²) in [5.74, 6) is 1.63. The van der Waals surface area contributed by atoms with Crippen LogP contribution < -0.4 is 0 Å². The SMILES string of the molecule is CC(=O)SCCSc1ncnc2nc[nH]c12. The van der Waals surface area contributed by atoms with Crippen LogP contribution in [0.5, 0.6) is 0 Å². The second kappa shape index (κ2) is 5.31. The van der Waals surface area contributed by atoms with Gasteiger partial charge in [0.1, 0.15) is 16.9 Å². The molecule has 0 aromatic carbocycles. The molecule has 2 aromatic rings. The first-order valence-corrected chi connectivity index (χ1v) is 6.65. The third-order valence-corrected chi connectivity index (χ3v) is 3.88. The van der Waals surface area contributed by atoms with Gasteiger partial charge in [-0.3, -0.25) is 4.79 Å². The molecule has 84 valence electrons. The summed E-state index contributed by atoms with van der Waals surface area (Å²) >= 11 is 2.93. The van der Waals surface area contributed by atoms with Crippen molar-refractivity contribution in [3.63, 3.8) is 0 Å². The smallest absolute Gasteiger partial charge is 0.185 e. The minimum absolute atomic E-state index is 0.148. The normalized spacial score (nSPS) is 10.8. The number of carbonyl (C=O) groups excluding carboxylic acids is 1. The lowest BCUT2D eigenvalue weighted by Crippen LogP contribution is -1.91. The number of thioether (sulfide) groups is 2. The minimum atomic E-state index is 0.148. The van der Waals surface area contributed by atoms with Gasteiger partial charge in [-0.1, -0.05) is 11.8 Å². The molecule has 0 aliphatic rings. The van der Waals surface area contributed by atoms with Crippen LogP contribution in [0.1, 0.15) is 6.92 Å². The Kier molecular flexibility index (Phi) is 3.79. The summed E-state index contributed by atoms with van der Waals surface area (Å²) < 4.78 is 0. The van der Waals surface area contributed by atoms with E-state index in [1.807, 2.05) is 0 Å². The van der Waals surface area contributed by atoms with E-state index < -0.39 is 0 Å². The van der Waals surface area contributed by atoms with Gasteiger partial charge in [0.25, 0.3) is 0 Å². The fourth-order valence-electron chi connectivity index (χ4n) is 1.18. The van der Waals surface area contributed by atoms with Crippen molar-refractivity contribution in [2.75, 3.05) is 11.5 Å². The second-order valence-electron chi connectivity index (χ2n) is 2.97. The van der Waals surface area contributed by atoms with Gasteiger partial charge >= 0.3 is 0 Å². The molecule has 0 saturated carbocycles. The van der Waals surface area contributed by atoms with Gasteiger partial charge in [0.2, 0.25) is 0 Å². The van der Waals surface area contributed by atoms with Gasteiger partial charge in [0.15, 0.2) is 10.8 Å². The monoisotopic (exact) mass is 254 g/mol. The molecule has 0 unspecified atom stereocenters. The third-order valence-electron chi connectivity index (χ3n) is 1.82. The zero-order chi connectivity index (χ0) is 11.4. The summed E-state index contributed by atoms with van der Waals surface area (Å²) in [5.41, 5.74) is 1.54. The van der Waals surface area contributed by atoms with Crippen LogP contribution in [0.15, 0.2) is 17.7 Å². The summed E-state index contributed by atoms with van der Waals surface area (Å²) in [5, 5.41) is 1.03. The molecule has 0 amide bonds. The molecule has 16 heavy (non-hydrogen) atoms. The topological polar surface area (TPSA) is 71.5 Å². The van der Waals surface area contributed by atoms with Gasteiger partial charge in [0, 0.05) is 18.4 Å². The summed E-state index contributed by atoms with van der Waals surface area (Å²) in [6.07, 6.45) is 3.11. The van der Waals surface area contributed by atoms with Crippen LogP contribution in [0.25, 0.3) is 11.2 Å². The van der Waals surface area contributed by atoms with E-state index in [1.54, 1.807) is 25.0 Å². The Morgan fingerprint density at radius 3 is 3.06 bits per heavy atom. The Bertz CT molecular complexity index is 499. The number of hydrogen-bond donors (Lipinski definition) is 1. The van der Waals surface area contributed by atoms with Crippen molar-refractivity contribution < 1.29 is 4.79 Å². The molecule has 1 N–H and O–H groups in total. The number of hydrogen-bond acceptors (Lipinski definition) is 6. The maximum absolute atomic E-state index is 10.7. The van der Waals surface area contributed by atoms with Crippen LogP contribution in [0.2, 0.25) is 0 Å². The predicted octanol–water partition coefficient (Wildman–Crippen LogP) is 1.72. The minimum Gasteiger partial charge on any atom is -0.341 e. The van der Waals surface area contributed by atoms with E-state index in [4.69, 9.17) is 0 Å². The molecule has 2 aromatic heterocycles. The van der Waals surface area contributed by atoms with Crippen LogP contribution in [-0.2, 0) is 4.79 Å². The van der Waals surface area contributed by atoms with Crippen molar-refractivity contribution >= 4 is 39.8 Å². The van der Waals surface area contributed by atoms with Gasteiger partial charge in [-0.2, -0.15) is 0 Å². The van der Waals surface area contributed by atoms with Crippen molar-refractivity contribution in [1.82, 2.24) is 19.9 Å². The van der Waals surface area contributed by atoms with Gasteiger partial charge < -0.3 is 4.98 Å². The van der Waals surface area contributed by atoms with Crippen LogP contribution in [-0.4, -0.2) is 36.6 Å². The lowest BCUT2D eigenvalue weighted by molar-refractivity contribution is -0.109. The third kappa shape index (κ3) is 2.73. The largest absolute Gasteiger partial charge is 0.341 e. The van der Waals surface area contributed by atoms with Crippen LogP contribution in [0.3, 0.4) is 0 Å². The van der Waals surface area contributed by atoms with Crippen molar-refractivity contribution in [2.24, 2.45) is 0 Å². The maximum Gasteiger partial charge on any atom is 0.185 e. The zero-order valence-electron chi connectivity index (χ0n) is 8.64. The number of aromatic amines is 1. The highest BCUT2D eigenvalue weighted by molar-refractivity contribution is 8.14. The van der Waals surface area contributed by atoms with Gasteiger partial charge in [0.05, 0.1) is 6.33 Å². The Morgan fingerprint density at radius 2 is 2.25 bits per heavy atom. The van der Waals surface area contributed by atoms with Crippen molar-refractivity contribution in [3.8, 4) is 0 Å². The lowest BCUT2D eigenvalue weighted by Gasteiger charge is -1.99. The second-order valence-corrected chi connectivity index (χ2v) is 5.32. The molecule has 7 heteroatoms. The van der Waals surface area contributed by atoms with Gasteiger partial charge in [-0.25, -0.2) is 15.0 Å². The van der Waals surface area contributed by atoms with E-state index in [0.717, 1.165) is 22.0 Å². The van der Waals surface area contributed by atoms with E-state index in [0.29, 0.717) is 5.65 Å². The van der Waals surface area contributed by atoms with Gasteiger partial charge in [-0.15, -0.1) is 11.8 Å². The van der Waals surface area contributed by atoms with Gasteiger partial charge in [-0.05, 0) is 0 Å². The van der Waals surface area contributed by atoms with E-state index in [1.165, 1.54) is 18.1 Å². The Hall–Kier alpha value is -1.08. The number of aromatic nitrogens is 4. The summed E-state index contributed by atoms with van der Waals surface area (Å²) in [4.78, 5) is 26.0. The molecule has 0 radical (unpaired) electrons. The molecule has 0 spiro atoms. The molecule has 0 aliphatic heterocycles. The molecule has 2 heterocycles. The number of rotatable bonds is 4. The molecule has 2 rings (SSSR count). The first-order chi connectivity index (χ1) is 7.77. The predicted molar refractivity (Wildman–Crippen MR) is 65.5 cm³/mol. The first-order valence-electron chi connectivity index (χ1n) is 4.67. The average Bonchev–Trinajstić information content (AvgIpc) is 2.72. The molecular formula is C9H10N4OS2. The van der Waals surface area contributed by atoms with E-state index >= 15 is 0 Å². The average molecular weight is 254 g/mol. The van der Waals surface area contributed by atoms with Crippen LogP contribution in [0, 0.1) is 0 Å². The van der Waals surface area contributed by atoms with Crippen molar-refractivity contribution in [1.29, 1.82) is 0 Å². The number of imidazole rings is 1. The number of nitrogens with one attached hydrogen (secondary N) is 1. The van der Waals surface area contributed by atoms with Crippen molar-refractivity contribution in [2.45, 2.75) is 11.9 Å². The molecule has 5 nitrogen and oxygen atoms in total. The van der Waals surface area contributed by atoms with E-state index in [-0.39, 0.29) is 5.12 Å². The quantitative estimate of drug-likeness (QED) is 0.509. The summed E-state index contributed by atoms with van der Waals surface area (Å²) in [6, 6.07) is 0. The summed E-state index contributed by atoms with van der Waals surface area (Å²) in [7, 11) is 0. The Morgan fingerprint density at radius 1 is 1.38 bits per heavy atom. The molecule has 0 saturated heterocycles. The van der Waals surface area contributed by atoms with Crippen LogP contribution >= 0.6 is 23.5 Å². The fraction of sp³-hybridized carbons (Fsp3) is 0.333. The number of carbonyl (C=O) groups is 1. The molecule has 0 bridgehead atoms. The lowest BCUT2D eigenvalue weighted by atomic mass is 10.6. The first kappa shape index (κ1) is 11.4. The zero-order valence-corrected chi connectivity index (χ0v) is 10.3. The Balaban J connectivity index is 1.98. The summed E-state index contributed by atoms with van der Waals surface area (Å²) in [6.45, 7) is 1.58. The highest BCUT2D eigenvalue weighted by atomic mass is 32.2. The molecule has 0 atom stereocenters. The molecule has 0 fully saturated rings. The number of fused-ring (bicyclic) bond motifs is 1.